The molecule has 2 aliphatic heterocycles. The van der Waals surface area contributed by atoms with Crippen molar-refractivity contribution in [1.29, 1.82) is 0 Å². The molecular formula is C21H21F6N3O5S. The Kier molecular flexibility index (Phi) is 9.43. The second kappa shape index (κ2) is 11.7. The lowest BCUT2D eigenvalue weighted by atomic mass is 9.79. The summed E-state index contributed by atoms with van der Waals surface area (Å²) in [5.41, 5.74) is 2.29. The largest absolute Gasteiger partial charge is 0.490 e. The molecule has 0 atom stereocenters. The molecule has 0 bridgehead atoms. The van der Waals surface area contributed by atoms with Gasteiger partial charge in [-0.2, -0.15) is 37.7 Å². The van der Waals surface area contributed by atoms with Crippen LogP contribution in [0, 0.1) is 5.41 Å². The summed E-state index contributed by atoms with van der Waals surface area (Å²) < 4.78 is 63.5. The Morgan fingerprint density at radius 2 is 1.56 bits per heavy atom. The van der Waals surface area contributed by atoms with Crippen molar-refractivity contribution in [1.82, 2.24) is 14.8 Å². The predicted molar refractivity (Wildman–Crippen MR) is 114 cm³/mol. The second-order valence-corrected chi connectivity index (χ2v) is 8.85. The number of nitrogens with zero attached hydrogens (tertiary/aromatic N) is 3. The number of aliphatic carboxylic acids is 2. The van der Waals surface area contributed by atoms with Crippen LogP contribution in [0.5, 0.6) is 0 Å². The van der Waals surface area contributed by atoms with Gasteiger partial charge in [-0.05, 0) is 47.5 Å². The molecule has 0 saturated carbocycles. The minimum absolute atomic E-state index is 0.0718. The molecule has 2 aliphatic rings. The summed E-state index contributed by atoms with van der Waals surface area (Å²) in [6.07, 6.45) is -7.29. The van der Waals surface area contributed by atoms with E-state index in [2.05, 4.69) is 26.7 Å². The van der Waals surface area contributed by atoms with Crippen LogP contribution in [0.1, 0.15) is 22.5 Å². The fourth-order valence-electron chi connectivity index (χ4n) is 3.62. The predicted octanol–water partition coefficient (Wildman–Crippen LogP) is 3.76. The molecule has 36 heavy (non-hydrogen) atoms. The Morgan fingerprint density at radius 1 is 0.972 bits per heavy atom. The Balaban J connectivity index is 0.000000271. The number of carbonyl (C=O) groups excluding carboxylic acids is 1. The molecule has 15 heteroatoms. The Hall–Kier alpha value is -3.20. The van der Waals surface area contributed by atoms with Gasteiger partial charge in [0.05, 0.1) is 0 Å². The highest BCUT2D eigenvalue weighted by atomic mass is 32.1. The molecule has 4 rings (SSSR count). The minimum atomic E-state index is -5.08. The molecule has 4 heterocycles. The summed E-state index contributed by atoms with van der Waals surface area (Å²) in [5.74, 6) is -5.44. The van der Waals surface area contributed by atoms with Gasteiger partial charge in [0.25, 0.3) is 5.91 Å². The Labute approximate surface area is 204 Å². The van der Waals surface area contributed by atoms with Crippen molar-refractivity contribution in [2.75, 3.05) is 26.2 Å². The van der Waals surface area contributed by atoms with E-state index in [1.165, 1.54) is 12.0 Å². The van der Waals surface area contributed by atoms with Crippen LogP contribution in [-0.2, 0) is 16.1 Å². The van der Waals surface area contributed by atoms with Crippen LogP contribution in [0.25, 0.3) is 0 Å². The van der Waals surface area contributed by atoms with E-state index in [9.17, 15) is 31.1 Å². The Bertz CT molecular complexity index is 1000. The summed E-state index contributed by atoms with van der Waals surface area (Å²) in [6, 6.07) is 7.71. The normalized spacial score (nSPS) is 16.8. The van der Waals surface area contributed by atoms with Crippen LogP contribution in [0.4, 0.5) is 26.3 Å². The van der Waals surface area contributed by atoms with Gasteiger partial charge >= 0.3 is 24.3 Å². The maximum atomic E-state index is 12.4. The molecule has 1 amide bonds. The number of halogens is 6. The third-order valence-electron chi connectivity index (χ3n) is 5.21. The third kappa shape index (κ3) is 8.48. The number of carboxylic acid groups (broad SMARTS) is 2. The zero-order chi connectivity index (χ0) is 27.1. The van der Waals surface area contributed by atoms with Gasteiger partial charge in [-0.15, -0.1) is 0 Å². The monoisotopic (exact) mass is 541 g/mol. The van der Waals surface area contributed by atoms with Gasteiger partial charge in [0.15, 0.2) is 0 Å². The van der Waals surface area contributed by atoms with Gasteiger partial charge in [-0.25, -0.2) is 9.59 Å². The highest BCUT2D eigenvalue weighted by Gasteiger charge is 2.49. The molecule has 2 fully saturated rings. The summed E-state index contributed by atoms with van der Waals surface area (Å²) >= 11 is 1.76. The zero-order valence-electron chi connectivity index (χ0n) is 18.4. The van der Waals surface area contributed by atoms with Crippen LogP contribution < -0.4 is 0 Å². The lowest BCUT2D eigenvalue weighted by Crippen LogP contribution is -2.59. The summed E-state index contributed by atoms with van der Waals surface area (Å²) in [7, 11) is 0. The number of hydrogen-bond donors (Lipinski definition) is 2. The number of carbonyl (C=O) groups is 3. The molecule has 1 spiro atoms. The van der Waals surface area contributed by atoms with Crippen molar-refractivity contribution in [3.63, 3.8) is 0 Å². The van der Waals surface area contributed by atoms with Crippen LogP contribution in [0.3, 0.4) is 0 Å². The van der Waals surface area contributed by atoms with Crippen molar-refractivity contribution < 1.29 is 50.9 Å². The van der Waals surface area contributed by atoms with Gasteiger partial charge < -0.3 is 15.1 Å². The molecule has 8 nitrogen and oxygen atoms in total. The average molecular weight is 541 g/mol. The van der Waals surface area contributed by atoms with E-state index >= 15 is 0 Å². The van der Waals surface area contributed by atoms with Gasteiger partial charge in [-0.3, -0.25) is 14.7 Å². The molecule has 0 radical (unpaired) electrons. The standard InChI is InChI=1S/C17H19N3OS.2C2HF3O2/c21-16(15-3-1-2-6-18-15)20-12-17(13-20)5-7-19(11-17)9-14-4-8-22-10-14;2*3-2(4,5)1(6)7/h1-4,6,8,10H,5,7,9,11-13H2;2*(H,6,7). The number of hydrogen-bond acceptors (Lipinski definition) is 6. The number of thiophene rings is 1. The molecule has 2 saturated heterocycles. The van der Waals surface area contributed by atoms with Crippen molar-refractivity contribution in [2.45, 2.75) is 25.3 Å². The summed E-state index contributed by atoms with van der Waals surface area (Å²) in [4.78, 5) is 38.8. The first-order chi connectivity index (χ1) is 16.6. The first kappa shape index (κ1) is 29.0. The molecule has 0 aliphatic carbocycles. The number of pyridine rings is 1. The van der Waals surface area contributed by atoms with Crippen molar-refractivity contribution >= 4 is 29.2 Å². The molecule has 2 aromatic rings. The van der Waals surface area contributed by atoms with Crippen molar-refractivity contribution in [2.24, 2.45) is 5.41 Å². The van der Waals surface area contributed by atoms with Crippen molar-refractivity contribution in [3.8, 4) is 0 Å². The lowest BCUT2D eigenvalue weighted by Gasteiger charge is -2.48. The Morgan fingerprint density at radius 3 is 2.00 bits per heavy atom. The zero-order valence-corrected chi connectivity index (χ0v) is 19.2. The number of alkyl halides is 6. The summed E-state index contributed by atoms with van der Waals surface area (Å²) in [5, 5.41) is 18.6. The van der Waals surface area contributed by atoms with Gasteiger partial charge in [0.1, 0.15) is 5.69 Å². The van der Waals surface area contributed by atoms with E-state index < -0.39 is 24.3 Å². The van der Waals surface area contributed by atoms with Gasteiger partial charge in [0, 0.05) is 37.8 Å². The van der Waals surface area contributed by atoms with Crippen molar-refractivity contribution in [3.05, 3.63) is 52.5 Å². The van der Waals surface area contributed by atoms with E-state index in [0.717, 1.165) is 32.7 Å². The van der Waals surface area contributed by atoms with E-state index in [-0.39, 0.29) is 5.91 Å². The number of carboxylic acids is 2. The number of aromatic nitrogens is 1. The molecule has 0 aromatic carbocycles. The quantitative estimate of drug-likeness (QED) is 0.570. The molecular weight excluding hydrogens is 520 g/mol. The van der Waals surface area contributed by atoms with Crippen LogP contribution in [0.15, 0.2) is 41.2 Å². The SMILES string of the molecule is O=C(O)C(F)(F)F.O=C(O)C(F)(F)F.O=C(c1ccccn1)N1CC2(CCN(Cc3ccsc3)C2)C1. The number of likely N-dealkylation sites (tertiary alicyclic amines) is 2. The number of rotatable bonds is 3. The third-order valence-corrected chi connectivity index (χ3v) is 5.94. The van der Waals surface area contributed by atoms with Crippen LogP contribution >= 0.6 is 11.3 Å². The fourth-order valence-corrected chi connectivity index (χ4v) is 4.28. The minimum Gasteiger partial charge on any atom is -0.475 e. The van der Waals surface area contributed by atoms with Gasteiger partial charge in [-0.1, -0.05) is 6.07 Å². The maximum absolute atomic E-state index is 12.4. The second-order valence-electron chi connectivity index (χ2n) is 8.07. The van der Waals surface area contributed by atoms with E-state index in [1.54, 1.807) is 23.6 Å². The van der Waals surface area contributed by atoms with Crippen LogP contribution in [0.2, 0.25) is 0 Å². The molecule has 2 aromatic heterocycles. The van der Waals surface area contributed by atoms with E-state index in [1.807, 2.05) is 17.0 Å². The molecule has 198 valence electrons. The summed E-state index contributed by atoms with van der Waals surface area (Å²) in [6.45, 7) is 5.04. The molecule has 0 unspecified atom stereocenters. The molecule has 2 N–H and O–H groups in total. The topological polar surface area (TPSA) is 111 Å². The van der Waals surface area contributed by atoms with Crippen LogP contribution in [-0.4, -0.2) is 81.4 Å². The first-order valence-corrected chi connectivity index (χ1v) is 11.1. The highest BCUT2D eigenvalue weighted by molar-refractivity contribution is 7.07. The van der Waals surface area contributed by atoms with Gasteiger partial charge in [0.2, 0.25) is 0 Å². The highest BCUT2D eigenvalue weighted by Crippen LogP contribution is 2.40. The average Bonchev–Trinajstić information content (AvgIpc) is 3.43. The van der Waals surface area contributed by atoms with E-state index in [4.69, 9.17) is 19.8 Å². The first-order valence-electron chi connectivity index (χ1n) is 10.2. The lowest BCUT2D eigenvalue weighted by molar-refractivity contribution is -0.193. The van der Waals surface area contributed by atoms with E-state index in [0.29, 0.717) is 11.1 Å². The smallest absolute Gasteiger partial charge is 0.475 e. The maximum Gasteiger partial charge on any atom is 0.490 e. The number of amides is 1. The fraction of sp³-hybridized carbons (Fsp3) is 0.429.